The molecule has 11 nitrogen and oxygen atoms in total. The average molecular weight is 1010 g/mol. The Labute approximate surface area is 427 Å². The third kappa shape index (κ3) is 50.1. The first-order valence-electron chi connectivity index (χ1n) is 28.2. The molecule has 0 bridgehead atoms. The van der Waals surface area contributed by atoms with E-state index >= 15 is 0 Å². The fraction of sp³-hybridized carbons (Fsp3) is 0.776. The number of carbonyl (C=O) groups is 3. The maximum absolute atomic E-state index is 12.9. The number of phosphoric ester groups is 1. The van der Waals surface area contributed by atoms with Gasteiger partial charge in [0, 0.05) is 19.3 Å². The van der Waals surface area contributed by atoms with Crippen LogP contribution in [0, 0.1) is 0 Å². The van der Waals surface area contributed by atoms with Crippen LogP contribution < -0.4 is 0 Å². The van der Waals surface area contributed by atoms with Gasteiger partial charge in [-0.15, -0.1) is 0 Å². The number of unbranched alkanes of at least 4 members (excludes halogenated alkanes) is 25. The fourth-order valence-electron chi connectivity index (χ4n) is 7.64. The van der Waals surface area contributed by atoms with Crippen molar-refractivity contribution in [1.82, 2.24) is 0 Å². The molecule has 0 saturated carbocycles. The Balaban J connectivity index is 4.71. The SMILES string of the molecule is CC/C=C\C/C=C\C/C=C\CCCCCCCC(=O)OC(CO)COP(=O)(O)OCC(COC(=O)CCCCCCCCCCCCC)OC(=O)CCCCCCCCC/C=C\C/C=C\CCCCC. The molecule has 0 aliphatic heterocycles. The van der Waals surface area contributed by atoms with Crippen LogP contribution in [-0.4, -0.2) is 66.5 Å². The summed E-state index contributed by atoms with van der Waals surface area (Å²) in [6, 6.07) is 0. The number of carbonyl (C=O) groups excluding carboxylic acids is 3. The largest absolute Gasteiger partial charge is 0.472 e. The minimum atomic E-state index is -4.75. The van der Waals surface area contributed by atoms with E-state index in [1.54, 1.807) is 0 Å². The number of aliphatic hydroxyl groups excluding tert-OH is 1. The Morgan fingerprint density at radius 3 is 1.17 bits per heavy atom. The van der Waals surface area contributed by atoms with Gasteiger partial charge in [0.05, 0.1) is 19.8 Å². The molecule has 0 aromatic carbocycles. The molecule has 0 aromatic rings. The zero-order valence-corrected chi connectivity index (χ0v) is 45.6. The number of rotatable bonds is 52. The molecule has 3 atom stereocenters. The molecule has 0 spiro atoms. The van der Waals surface area contributed by atoms with Crippen LogP contribution in [-0.2, 0) is 42.2 Å². The second kappa shape index (κ2) is 52.5. The predicted octanol–water partition coefficient (Wildman–Crippen LogP) is 16.4. The number of hydrogen-bond donors (Lipinski definition) is 2. The zero-order chi connectivity index (χ0) is 51.3. The summed E-state index contributed by atoms with van der Waals surface area (Å²) in [4.78, 5) is 48.4. The van der Waals surface area contributed by atoms with E-state index in [1.165, 1.54) is 83.5 Å². The lowest BCUT2D eigenvalue weighted by Crippen LogP contribution is -2.30. The van der Waals surface area contributed by atoms with Crippen molar-refractivity contribution in [2.45, 2.75) is 264 Å². The van der Waals surface area contributed by atoms with E-state index in [9.17, 15) is 28.9 Å². The number of esters is 3. The van der Waals surface area contributed by atoms with Crippen LogP contribution in [0.1, 0.15) is 252 Å². The molecule has 0 aliphatic rings. The minimum Gasteiger partial charge on any atom is -0.462 e. The van der Waals surface area contributed by atoms with Crippen LogP contribution in [0.5, 0.6) is 0 Å². The number of aliphatic hydroxyl groups is 1. The highest BCUT2D eigenvalue weighted by atomic mass is 31.2. The minimum absolute atomic E-state index is 0.157. The van der Waals surface area contributed by atoms with Gasteiger partial charge in [0.15, 0.2) is 6.10 Å². The first kappa shape index (κ1) is 67.2. The fourth-order valence-corrected chi connectivity index (χ4v) is 8.42. The lowest BCUT2D eigenvalue weighted by atomic mass is 10.1. The van der Waals surface area contributed by atoms with Gasteiger partial charge in [-0.3, -0.25) is 23.4 Å². The molecule has 0 aliphatic carbocycles. The number of allylic oxidation sites excluding steroid dienone is 10. The lowest BCUT2D eigenvalue weighted by molar-refractivity contribution is -0.161. The van der Waals surface area contributed by atoms with Crippen LogP contribution in [0.3, 0.4) is 0 Å². The van der Waals surface area contributed by atoms with Crippen LogP contribution in [0.4, 0.5) is 0 Å². The van der Waals surface area contributed by atoms with Gasteiger partial charge in [0.2, 0.25) is 0 Å². The van der Waals surface area contributed by atoms with Gasteiger partial charge in [-0.2, -0.15) is 0 Å². The van der Waals surface area contributed by atoms with Gasteiger partial charge in [0.25, 0.3) is 0 Å². The average Bonchev–Trinajstić information content (AvgIpc) is 3.35. The van der Waals surface area contributed by atoms with Gasteiger partial charge < -0.3 is 24.2 Å². The highest BCUT2D eigenvalue weighted by molar-refractivity contribution is 7.47. The van der Waals surface area contributed by atoms with Crippen LogP contribution in [0.15, 0.2) is 60.8 Å². The Hall–Kier alpha value is -2.82. The predicted molar refractivity (Wildman–Crippen MR) is 288 cm³/mol. The molecule has 0 fully saturated rings. The Morgan fingerprint density at radius 1 is 0.414 bits per heavy atom. The van der Waals surface area contributed by atoms with E-state index in [4.69, 9.17) is 23.3 Å². The van der Waals surface area contributed by atoms with E-state index < -0.39 is 57.8 Å². The molecule has 0 rings (SSSR count). The molecule has 3 unspecified atom stereocenters. The second-order valence-electron chi connectivity index (χ2n) is 18.7. The summed E-state index contributed by atoms with van der Waals surface area (Å²) in [5, 5.41) is 9.80. The van der Waals surface area contributed by atoms with Crippen molar-refractivity contribution >= 4 is 25.7 Å². The van der Waals surface area contributed by atoms with E-state index in [0.717, 1.165) is 109 Å². The highest BCUT2D eigenvalue weighted by Gasteiger charge is 2.28. The molecule has 0 aromatic heterocycles. The highest BCUT2D eigenvalue weighted by Crippen LogP contribution is 2.43. The van der Waals surface area contributed by atoms with Gasteiger partial charge in [-0.25, -0.2) is 4.57 Å². The molecule has 12 heteroatoms. The molecule has 70 heavy (non-hydrogen) atoms. The maximum Gasteiger partial charge on any atom is 0.472 e. The molecule has 2 N–H and O–H groups in total. The van der Waals surface area contributed by atoms with Crippen molar-refractivity contribution in [2.75, 3.05) is 26.4 Å². The smallest absolute Gasteiger partial charge is 0.462 e. The van der Waals surface area contributed by atoms with E-state index in [1.807, 2.05) is 0 Å². The van der Waals surface area contributed by atoms with E-state index in [0.29, 0.717) is 19.3 Å². The first-order chi connectivity index (χ1) is 34.2. The normalized spacial score (nSPS) is 13.8. The molecular weight excluding hydrogens is 904 g/mol. The Bertz CT molecular complexity index is 1410. The van der Waals surface area contributed by atoms with Crippen molar-refractivity contribution in [3.05, 3.63) is 60.8 Å². The van der Waals surface area contributed by atoms with Gasteiger partial charge >= 0.3 is 25.7 Å². The summed E-state index contributed by atoms with van der Waals surface area (Å²) in [5.74, 6) is -1.48. The van der Waals surface area contributed by atoms with E-state index in [-0.39, 0.29) is 25.9 Å². The molecule has 0 heterocycles. The van der Waals surface area contributed by atoms with Crippen molar-refractivity contribution in [3.8, 4) is 0 Å². The first-order valence-corrected chi connectivity index (χ1v) is 29.7. The molecule has 0 saturated heterocycles. The summed E-state index contributed by atoms with van der Waals surface area (Å²) in [6.45, 7) is 4.48. The summed E-state index contributed by atoms with van der Waals surface area (Å²) >= 11 is 0. The van der Waals surface area contributed by atoms with Crippen molar-refractivity contribution in [3.63, 3.8) is 0 Å². The van der Waals surface area contributed by atoms with Crippen LogP contribution in [0.2, 0.25) is 0 Å². The second-order valence-corrected chi connectivity index (χ2v) is 20.2. The van der Waals surface area contributed by atoms with Gasteiger partial charge in [0.1, 0.15) is 12.7 Å². The Morgan fingerprint density at radius 2 is 0.743 bits per heavy atom. The third-order valence-corrected chi connectivity index (χ3v) is 12.9. The quantitative estimate of drug-likeness (QED) is 0.0197. The van der Waals surface area contributed by atoms with E-state index in [2.05, 4.69) is 81.5 Å². The van der Waals surface area contributed by atoms with Crippen LogP contribution in [0.25, 0.3) is 0 Å². The van der Waals surface area contributed by atoms with Crippen LogP contribution >= 0.6 is 7.82 Å². The summed E-state index contributed by atoms with van der Waals surface area (Å²) in [6.07, 6.45) is 56.0. The van der Waals surface area contributed by atoms with Gasteiger partial charge in [-0.05, 0) is 83.5 Å². The summed E-state index contributed by atoms with van der Waals surface area (Å²) < 4.78 is 39.4. The zero-order valence-electron chi connectivity index (χ0n) is 44.7. The maximum atomic E-state index is 12.9. The van der Waals surface area contributed by atoms with Crippen molar-refractivity contribution in [1.29, 1.82) is 0 Å². The standard InChI is InChI=1S/C58H103O11P/c1-4-7-10-13-16-19-22-24-26-27-29-31-34-37-40-43-46-49-58(62)69-55(51-65-56(60)47-44-41-38-35-32-21-18-15-12-9-6-3)53-67-70(63,64)66-52-54(50-59)68-57(61)48-45-42-39-36-33-30-28-25-23-20-17-14-11-8-5-2/h8,11,16-17,19-20,24-26,28,54-55,59H,4-7,9-10,12-15,18,21-23,27,29-53H2,1-3H3,(H,63,64)/b11-8-,19-16-,20-17-,26-24-,28-25-. The third-order valence-electron chi connectivity index (χ3n) is 11.9. The van der Waals surface area contributed by atoms with Crippen molar-refractivity contribution in [2.24, 2.45) is 0 Å². The molecule has 406 valence electrons. The van der Waals surface area contributed by atoms with Crippen molar-refractivity contribution < 1.29 is 52.2 Å². The Kier molecular flexibility index (Phi) is 50.4. The summed E-state index contributed by atoms with van der Waals surface area (Å²) in [7, 11) is -4.75. The molecule has 0 amide bonds. The molecule has 0 radical (unpaired) electrons. The molecular formula is C58H103O11P. The number of ether oxygens (including phenoxy) is 3. The number of phosphoric acid groups is 1. The monoisotopic (exact) mass is 1010 g/mol. The van der Waals surface area contributed by atoms with Gasteiger partial charge in [-0.1, -0.05) is 210 Å². The topological polar surface area (TPSA) is 155 Å². The number of hydrogen-bond acceptors (Lipinski definition) is 10. The summed E-state index contributed by atoms with van der Waals surface area (Å²) in [5.41, 5.74) is 0. The lowest BCUT2D eigenvalue weighted by Gasteiger charge is -2.21.